The van der Waals surface area contributed by atoms with Crippen molar-refractivity contribution < 1.29 is 9.84 Å². The van der Waals surface area contributed by atoms with E-state index in [0.29, 0.717) is 6.54 Å². The topological polar surface area (TPSA) is 55.5 Å². The summed E-state index contributed by atoms with van der Waals surface area (Å²) in [5.74, 6) is 0.860. The molecule has 1 aliphatic carbocycles. The van der Waals surface area contributed by atoms with Crippen LogP contribution in [0.5, 0.6) is 5.75 Å². The van der Waals surface area contributed by atoms with Gasteiger partial charge in [0.1, 0.15) is 5.75 Å². The summed E-state index contributed by atoms with van der Waals surface area (Å²) >= 11 is 0. The van der Waals surface area contributed by atoms with Gasteiger partial charge in [0.05, 0.1) is 13.2 Å². The van der Waals surface area contributed by atoms with Crippen LogP contribution in [0.3, 0.4) is 0 Å². The summed E-state index contributed by atoms with van der Waals surface area (Å²) in [5, 5.41) is 10.8. The zero-order valence-electron chi connectivity index (χ0n) is 12.9. The van der Waals surface area contributed by atoms with Gasteiger partial charge in [0.25, 0.3) is 0 Å². The number of hydrogen-bond donors (Lipinski definition) is 2. The average molecular weight is 277 g/mol. The molecular formula is C17H27NO2. The molecule has 3 N–H and O–H groups in total. The summed E-state index contributed by atoms with van der Waals surface area (Å²) in [5.41, 5.74) is 6.99. The van der Waals surface area contributed by atoms with Gasteiger partial charge in [-0.15, -0.1) is 0 Å². The molecule has 0 radical (unpaired) electrons. The van der Waals surface area contributed by atoms with Crippen LogP contribution in [0.1, 0.15) is 38.7 Å². The van der Waals surface area contributed by atoms with Crippen molar-refractivity contribution in [3.63, 3.8) is 0 Å². The lowest BCUT2D eigenvalue weighted by atomic mass is 9.59. The first-order valence-corrected chi connectivity index (χ1v) is 7.45. The minimum absolute atomic E-state index is 0.0590. The minimum atomic E-state index is -0.361. The van der Waals surface area contributed by atoms with Crippen molar-refractivity contribution in [2.45, 2.75) is 45.6 Å². The number of nitrogens with two attached hydrogens (primary N) is 1. The second-order valence-corrected chi connectivity index (χ2v) is 6.84. The molecule has 1 aromatic carbocycles. The Morgan fingerprint density at radius 3 is 2.75 bits per heavy atom. The number of aliphatic hydroxyl groups is 1. The van der Waals surface area contributed by atoms with Crippen LogP contribution in [0.2, 0.25) is 0 Å². The van der Waals surface area contributed by atoms with Gasteiger partial charge in [0, 0.05) is 12.0 Å². The Morgan fingerprint density at radius 2 is 2.10 bits per heavy atom. The summed E-state index contributed by atoms with van der Waals surface area (Å²) in [6.45, 7) is 4.81. The Labute approximate surface area is 122 Å². The van der Waals surface area contributed by atoms with Gasteiger partial charge >= 0.3 is 0 Å². The zero-order chi connectivity index (χ0) is 14.8. The first kappa shape index (κ1) is 15.3. The summed E-state index contributed by atoms with van der Waals surface area (Å²) in [6, 6.07) is 8.08. The van der Waals surface area contributed by atoms with Crippen molar-refractivity contribution in [3.8, 4) is 5.75 Å². The SMILES string of the molecule is COc1cccc(CC2(CN)CCCC(C)(C)C2O)c1. The predicted octanol–water partition coefficient (Wildman–Crippen LogP) is 2.75. The van der Waals surface area contributed by atoms with Crippen molar-refractivity contribution in [1.82, 2.24) is 0 Å². The van der Waals surface area contributed by atoms with E-state index in [4.69, 9.17) is 10.5 Å². The summed E-state index contributed by atoms with van der Waals surface area (Å²) in [7, 11) is 1.68. The van der Waals surface area contributed by atoms with Gasteiger partial charge in [0.15, 0.2) is 0 Å². The van der Waals surface area contributed by atoms with Crippen LogP contribution < -0.4 is 10.5 Å². The van der Waals surface area contributed by atoms with Gasteiger partial charge in [-0.2, -0.15) is 0 Å². The number of benzene rings is 1. The normalized spacial score (nSPS) is 29.1. The van der Waals surface area contributed by atoms with Gasteiger partial charge < -0.3 is 15.6 Å². The van der Waals surface area contributed by atoms with Crippen LogP contribution in [0.15, 0.2) is 24.3 Å². The molecule has 1 saturated carbocycles. The van der Waals surface area contributed by atoms with E-state index < -0.39 is 0 Å². The van der Waals surface area contributed by atoms with Gasteiger partial charge in [-0.1, -0.05) is 32.4 Å². The molecular weight excluding hydrogens is 250 g/mol. The fourth-order valence-corrected chi connectivity index (χ4v) is 3.66. The minimum Gasteiger partial charge on any atom is -0.497 e. The monoisotopic (exact) mass is 277 g/mol. The average Bonchev–Trinajstić information content (AvgIpc) is 2.44. The second kappa shape index (κ2) is 5.74. The molecule has 1 aliphatic rings. The van der Waals surface area contributed by atoms with E-state index in [1.165, 1.54) is 5.56 Å². The predicted molar refractivity (Wildman–Crippen MR) is 81.8 cm³/mol. The maximum atomic E-state index is 10.8. The third-order valence-electron chi connectivity index (χ3n) is 4.91. The van der Waals surface area contributed by atoms with Crippen molar-refractivity contribution in [2.75, 3.05) is 13.7 Å². The fourth-order valence-electron chi connectivity index (χ4n) is 3.66. The molecule has 0 saturated heterocycles. The van der Waals surface area contributed by atoms with Gasteiger partial charge in [-0.05, 0) is 42.4 Å². The molecule has 20 heavy (non-hydrogen) atoms. The number of rotatable bonds is 4. The number of aliphatic hydroxyl groups excluding tert-OH is 1. The highest BCUT2D eigenvalue weighted by atomic mass is 16.5. The van der Waals surface area contributed by atoms with Crippen LogP contribution in [0.4, 0.5) is 0 Å². The molecule has 3 heteroatoms. The maximum Gasteiger partial charge on any atom is 0.119 e. The van der Waals surface area contributed by atoms with E-state index in [2.05, 4.69) is 19.9 Å². The number of hydrogen-bond acceptors (Lipinski definition) is 3. The van der Waals surface area contributed by atoms with Crippen molar-refractivity contribution in [1.29, 1.82) is 0 Å². The van der Waals surface area contributed by atoms with E-state index in [0.717, 1.165) is 31.4 Å². The molecule has 1 aromatic rings. The molecule has 112 valence electrons. The molecule has 2 atom stereocenters. The molecule has 2 unspecified atom stereocenters. The van der Waals surface area contributed by atoms with Crippen LogP contribution in [-0.2, 0) is 6.42 Å². The van der Waals surface area contributed by atoms with Crippen LogP contribution in [0.25, 0.3) is 0 Å². The van der Waals surface area contributed by atoms with Crippen LogP contribution in [0, 0.1) is 10.8 Å². The van der Waals surface area contributed by atoms with E-state index in [-0.39, 0.29) is 16.9 Å². The molecule has 1 fully saturated rings. The van der Waals surface area contributed by atoms with E-state index in [9.17, 15) is 5.11 Å². The maximum absolute atomic E-state index is 10.8. The highest BCUT2D eigenvalue weighted by Gasteiger charge is 2.47. The van der Waals surface area contributed by atoms with Crippen molar-refractivity contribution in [3.05, 3.63) is 29.8 Å². The summed E-state index contributed by atoms with van der Waals surface area (Å²) in [6.07, 6.45) is 3.63. The third kappa shape index (κ3) is 2.84. The number of ether oxygens (including phenoxy) is 1. The van der Waals surface area contributed by atoms with Gasteiger partial charge in [0.2, 0.25) is 0 Å². The van der Waals surface area contributed by atoms with E-state index in [1.54, 1.807) is 7.11 Å². The van der Waals surface area contributed by atoms with Crippen molar-refractivity contribution in [2.24, 2.45) is 16.6 Å². The van der Waals surface area contributed by atoms with E-state index in [1.807, 2.05) is 18.2 Å². The molecule has 2 rings (SSSR count). The Hall–Kier alpha value is -1.06. The third-order valence-corrected chi connectivity index (χ3v) is 4.91. The smallest absolute Gasteiger partial charge is 0.119 e. The standard InChI is InChI=1S/C17H27NO2/c1-16(2)8-5-9-17(12-18,15(16)19)11-13-6-4-7-14(10-13)20-3/h4,6-7,10,15,19H,5,8-9,11-12,18H2,1-3H3. The first-order chi connectivity index (χ1) is 9.43. The Bertz CT molecular complexity index is 458. The van der Waals surface area contributed by atoms with Gasteiger partial charge in [-0.25, -0.2) is 0 Å². The molecule has 0 aromatic heterocycles. The van der Waals surface area contributed by atoms with Crippen LogP contribution >= 0.6 is 0 Å². The Balaban J connectivity index is 2.26. The molecule has 0 spiro atoms. The fraction of sp³-hybridized carbons (Fsp3) is 0.647. The van der Waals surface area contributed by atoms with Crippen molar-refractivity contribution >= 4 is 0 Å². The molecule has 0 heterocycles. The quantitative estimate of drug-likeness (QED) is 0.889. The molecule has 3 nitrogen and oxygen atoms in total. The zero-order valence-corrected chi connectivity index (χ0v) is 12.9. The first-order valence-electron chi connectivity index (χ1n) is 7.45. The highest BCUT2D eigenvalue weighted by Crippen LogP contribution is 2.47. The lowest BCUT2D eigenvalue weighted by molar-refractivity contribution is -0.0884. The Morgan fingerprint density at radius 1 is 1.35 bits per heavy atom. The molecule has 0 bridgehead atoms. The molecule has 0 aliphatic heterocycles. The summed E-state index contributed by atoms with van der Waals surface area (Å²) < 4.78 is 5.28. The highest BCUT2D eigenvalue weighted by molar-refractivity contribution is 5.29. The lowest BCUT2D eigenvalue weighted by Crippen LogP contribution is -2.53. The summed E-state index contributed by atoms with van der Waals surface area (Å²) in [4.78, 5) is 0. The largest absolute Gasteiger partial charge is 0.497 e. The second-order valence-electron chi connectivity index (χ2n) is 6.84. The Kier molecular flexibility index (Phi) is 4.40. The van der Waals surface area contributed by atoms with Gasteiger partial charge in [-0.3, -0.25) is 0 Å². The van der Waals surface area contributed by atoms with E-state index >= 15 is 0 Å². The lowest BCUT2D eigenvalue weighted by Gasteiger charge is -2.49. The number of methoxy groups -OCH3 is 1. The molecule has 0 amide bonds. The van der Waals surface area contributed by atoms with Crippen LogP contribution in [-0.4, -0.2) is 24.9 Å².